The maximum Gasteiger partial charge on any atom is 0.0992 e. The molecule has 2 aromatic carbocycles. The van der Waals surface area contributed by atoms with Crippen molar-refractivity contribution in [2.24, 2.45) is 0 Å². The van der Waals surface area contributed by atoms with Crippen LogP contribution in [0.4, 0.5) is 5.69 Å². The molecule has 0 amide bonds. The van der Waals surface area contributed by atoms with Gasteiger partial charge in [0.1, 0.15) is 0 Å². The lowest BCUT2D eigenvalue weighted by molar-refractivity contribution is 0.816. The molecule has 0 spiro atoms. The molecule has 1 aliphatic heterocycles. The fraction of sp³-hybridized carbons (Fsp3) is 0.188. The van der Waals surface area contributed by atoms with Gasteiger partial charge in [-0.15, -0.1) is 0 Å². The lowest BCUT2D eigenvalue weighted by atomic mass is 9.98. The average molecular weight is 234 g/mol. The van der Waals surface area contributed by atoms with Crippen LogP contribution in [-0.4, -0.2) is 0 Å². The number of fused-ring (bicyclic) bond motifs is 1. The molecule has 0 aromatic heterocycles. The molecular weight excluding hydrogens is 220 g/mol. The molecule has 0 aliphatic carbocycles. The molecule has 1 aliphatic rings. The Morgan fingerprint density at radius 1 is 1.22 bits per heavy atom. The summed E-state index contributed by atoms with van der Waals surface area (Å²) < 4.78 is 0. The molecule has 0 saturated heterocycles. The van der Waals surface area contributed by atoms with Gasteiger partial charge >= 0.3 is 0 Å². The lowest BCUT2D eigenvalue weighted by Gasteiger charge is -2.14. The number of hydrogen-bond acceptors (Lipinski definition) is 2. The second-order valence-corrected chi connectivity index (χ2v) is 4.74. The molecule has 18 heavy (non-hydrogen) atoms. The number of aryl methyl sites for hydroxylation is 1. The molecule has 2 nitrogen and oxygen atoms in total. The molecule has 2 aromatic rings. The van der Waals surface area contributed by atoms with Crippen molar-refractivity contribution in [1.29, 1.82) is 5.26 Å². The van der Waals surface area contributed by atoms with Crippen LogP contribution in [0.2, 0.25) is 0 Å². The zero-order chi connectivity index (χ0) is 12.5. The van der Waals surface area contributed by atoms with E-state index in [9.17, 15) is 0 Å². The van der Waals surface area contributed by atoms with E-state index in [0.717, 1.165) is 12.1 Å². The maximum absolute atomic E-state index is 8.92. The van der Waals surface area contributed by atoms with Gasteiger partial charge in [0.2, 0.25) is 0 Å². The number of nitrogens with zero attached hydrogens (tertiary/aromatic N) is 1. The number of nitriles is 1. The van der Waals surface area contributed by atoms with Crippen molar-refractivity contribution >= 4 is 5.69 Å². The minimum Gasteiger partial charge on any atom is -0.378 e. The zero-order valence-corrected chi connectivity index (χ0v) is 10.3. The second-order valence-electron chi connectivity index (χ2n) is 4.74. The fourth-order valence-electron chi connectivity index (χ4n) is 2.58. The maximum atomic E-state index is 8.92. The topological polar surface area (TPSA) is 35.8 Å². The number of hydrogen-bond donors (Lipinski definition) is 1. The summed E-state index contributed by atoms with van der Waals surface area (Å²) in [7, 11) is 0. The Morgan fingerprint density at radius 3 is 2.83 bits per heavy atom. The Morgan fingerprint density at radius 2 is 2.06 bits per heavy atom. The quantitative estimate of drug-likeness (QED) is 0.818. The first-order valence-electron chi connectivity index (χ1n) is 6.13. The van der Waals surface area contributed by atoms with Gasteiger partial charge in [0.05, 0.1) is 17.7 Å². The van der Waals surface area contributed by atoms with E-state index in [2.05, 4.69) is 48.6 Å². The summed E-state index contributed by atoms with van der Waals surface area (Å²) in [6.07, 6.45) is 0.992. The van der Waals surface area contributed by atoms with Gasteiger partial charge in [-0.1, -0.05) is 30.3 Å². The summed E-state index contributed by atoms with van der Waals surface area (Å²) in [4.78, 5) is 0. The average Bonchev–Trinajstić information content (AvgIpc) is 2.81. The molecule has 2 heteroatoms. The van der Waals surface area contributed by atoms with Gasteiger partial charge < -0.3 is 5.32 Å². The van der Waals surface area contributed by atoms with E-state index < -0.39 is 0 Å². The minimum absolute atomic E-state index is 0.329. The third-order valence-corrected chi connectivity index (χ3v) is 3.56. The van der Waals surface area contributed by atoms with E-state index in [0.29, 0.717) is 11.6 Å². The third-order valence-electron chi connectivity index (χ3n) is 3.56. The molecule has 88 valence electrons. The highest BCUT2D eigenvalue weighted by Crippen LogP contribution is 2.35. The number of nitrogens with one attached hydrogen (secondary N) is 1. The van der Waals surface area contributed by atoms with Gasteiger partial charge in [-0.25, -0.2) is 0 Å². The SMILES string of the molecule is Cc1ccccc1C1Cc2ccc(C#N)cc2N1. The van der Waals surface area contributed by atoms with Crippen molar-refractivity contribution in [3.05, 3.63) is 64.7 Å². The van der Waals surface area contributed by atoms with Gasteiger partial charge in [-0.2, -0.15) is 5.26 Å². The van der Waals surface area contributed by atoms with Crippen LogP contribution >= 0.6 is 0 Å². The predicted molar refractivity (Wildman–Crippen MR) is 72.4 cm³/mol. The van der Waals surface area contributed by atoms with Gasteiger partial charge in [-0.3, -0.25) is 0 Å². The van der Waals surface area contributed by atoms with Crippen LogP contribution in [-0.2, 0) is 6.42 Å². The Hall–Kier alpha value is -2.27. The van der Waals surface area contributed by atoms with Crippen LogP contribution in [0.1, 0.15) is 28.3 Å². The smallest absolute Gasteiger partial charge is 0.0992 e. The first kappa shape index (κ1) is 10.9. The largest absolute Gasteiger partial charge is 0.378 e. The van der Waals surface area contributed by atoms with Gasteiger partial charge in [0.25, 0.3) is 0 Å². The summed E-state index contributed by atoms with van der Waals surface area (Å²) >= 11 is 0. The standard InChI is InChI=1S/C16H14N2/c1-11-4-2-3-5-14(11)16-9-13-7-6-12(10-17)8-15(13)18-16/h2-8,16,18H,9H2,1H3. The monoisotopic (exact) mass is 234 g/mol. The van der Waals surface area contributed by atoms with Crippen molar-refractivity contribution in [2.45, 2.75) is 19.4 Å². The molecule has 0 radical (unpaired) electrons. The van der Waals surface area contributed by atoms with Crippen molar-refractivity contribution < 1.29 is 0 Å². The summed E-state index contributed by atoms with van der Waals surface area (Å²) in [6.45, 7) is 2.14. The van der Waals surface area contributed by atoms with Gasteiger partial charge in [0, 0.05) is 5.69 Å². The van der Waals surface area contributed by atoms with E-state index in [1.165, 1.54) is 16.7 Å². The summed E-state index contributed by atoms with van der Waals surface area (Å²) in [5, 5.41) is 12.4. The summed E-state index contributed by atoms with van der Waals surface area (Å²) in [6, 6.07) is 16.8. The van der Waals surface area contributed by atoms with Crippen LogP contribution in [0.25, 0.3) is 0 Å². The van der Waals surface area contributed by atoms with Crippen LogP contribution in [0.3, 0.4) is 0 Å². The molecule has 1 atom stereocenters. The molecule has 1 N–H and O–H groups in total. The Labute approximate surface area is 107 Å². The molecule has 1 unspecified atom stereocenters. The third kappa shape index (κ3) is 1.74. The fourth-order valence-corrected chi connectivity index (χ4v) is 2.58. The lowest BCUT2D eigenvalue weighted by Crippen LogP contribution is -2.07. The first-order chi connectivity index (χ1) is 8.78. The zero-order valence-electron chi connectivity index (χ0n) is 10.3. The van der Waals surface area contributed by atoms with E-state index in [-0.39, 0.29) is 0 Å². The predicted octanol–water partition coefficient (Wildman–Crippen LogP) is 3.58. The normalized spacial score (nSPS) is 16.8. The van der Waals surface area contributed by atoms with Crippen molar-refractivity contribution in [2.75, 3.05) is 5.32 Å². The van der Waals surface area contributed by atoms with E-state index in [1.54, 1.807) is 0 Å². The van der Waals surface area contributed by atoms with Crippen molar-refractivity contribution in [1.82, 2.24) is 0 Å². The summed E-state index contributed by atoms with van der Waals surface area (Å²) in [5.41, 5.74) is 5.76. The Balaban J connectivity index is 1.94. The van der Waals surface area contributed by atoms with Crippen LogP contribution in [0.5, 0.6) is 0 Å². The number of rotatable bonds is 1. The van der Waals surface area contributed by atoms with Crippen LogP contribution in [0.15, 0.2) is 42.5 Å². The van der Waals surface area contributed by atoms with Crippen LogP contribution in [0, 0.1) is 18.3 Å². The molecule has 3 rings (SSSR count). The molecule has 0 fully saturated rings. The van der Waals surface area contributed by atoms with Crippen LogP contribution < -0.4 is 5.32 Å². The van der Waals surface area contributed by atoms with E-state index in [1.807, 2.05) is 12.1 Å². The Kier molecular flexibility index (Phi) is 2.53. The van der Waals surface area contributed by atoms with Crippen molar-refractivity contribution in [3.63, 3.8) is 0 Å². The molecule has 1 heterocycles. The first-order valence-corrected chi connectivity index (χ1v) is 6.13. The molecular formula is C16H14N2. The summed E-state index contributed by atoms with van der Waals surface area (Å²) in [5.74, 6) is 0. The molecule has 0 saturated carbocycles. The second kappa shape index (κ2) is 4.19. The Bertz CT molecular complexity index is 638. The molecule has 0 bridgehead atoms. The van der Waals surface area contributed by atoms with Gasteiger partial charge in [0.15, 0.2) is 0 Å². The van der Waals surface area contributed by atoms with E-state index >= 15 is 0 Å². The highest BCUT2D eigenvalue weighted by atomic mass is 14.9. The number of anilines is 1. The van der Waals surface area contributed by atoms with Crippen molar-refractivity contribution in [3.8, 4) is 6.07 Å². The number of benzene rings is 2. The highest BCUT2D eigenvalue weighted by Gasteiger charge is 2.22. The van der Waals surface area contributed by atoms with Gasteiger partial charge in [-0.05, 0) is 42.2 Å². The highest BCUT2D eigenvalue weighted by molar-refractivity contribution is 5.61. The minimum atomic E-state index is 0.329. The van der Waals surface area contributed by atoms with E-state index in [4.69, 9.17) is 5.26 Å².